The van der Waals surface area contributed by atoms with Gasteiger partial charge in [0.05, 0.1) is 37.2 Å². The average molecular weight is 591 g/mol. The summed E-state index contributed by atoms with van der Waals surface area (Å²) in [6, 6.07) is 15.9. The second-order valence-corrected chi connectivity index (χ2v) is 11.3. The van der Waals surface area contributed by atoms with Gasteiger partial charge in [-0.05, 0) is 36.1 Å². The number of ether oxygens (including phenoxy) is 1. The standard InChI is InChI=1S/C32H34N10O2/c1-39-13-11-34-27(39)18-41-12-10-22(17-41)42-32-29(31(33)35-19-36-32)30(38-42)21-8-9-24(26(15-21)44-3)37-28(43)16-23-14-20-6-4-5-7-25(20)40(23)2/h4-9,11,13-15,19,22H,10,12,16-18H2,1-3H3,(H,37,43)(H2,33,35,36). The summed E-state index contributed by atoms with van der Waals surface area (Å²) in [4.78, 5) is 28.8. The van der Waals surface area contributed by atoms with Crippen LogP contribution in [0.2, 0.25) is 0 Å². The van der Waals surface area contributed by atoms with Crippen molar-refractivity contribution in [3.8, 4) is 17.0 Å². The molecule has 7 rings (SSSR count). The van der Waals surface area contributed by atoms with E-state index in [-0.39, 0.29) is 18.4 Å². The summed E-state index contributed by atoms with van der Waals surface area (Å²) in [5.74, 6) is 1.78. The van der Waals surface area contributed by atoms with E-state index in [9.17, 15) is 4.79 Å². The number of para-hydroxylation sites is 1. The van der Waals surface area contributed by atoms with Crippen LogP contribution >= 0.6 is 0 Å². The highest BCUT2D eigenvalue weighted by Crippen LogP contribution is 2.37. The quantitative estimate of drug-likeness (QED) is 0.272. The highest BCUT2D eigenvalue weighted by molar-refractivity contribution is 6.00. The number of nitrogens with zero attached hydrogens (tertiary/aromatic N) is 8. The van der Waals surface area contributed by atoms with Gasteiger partial charge in [-0.1, -0.05) is 24.3 Å². The van der Waals surface area contributed by atoms with Gasteiger partial charge in [0.15, 0.2) is 5.65 Å². The Balaban J connectivity index is 1.15. The molecule has 3 N–H and O–H groups in total. The number of aromatic nitrogens is 7. The number of benzene rings is 2. The number of carbonyl (C=O) groups excluding carboxylic acids is 1. The lowest BCUT2D eigenvalue weighted by Gasteiger charge is -2.16. The predicted octanol–water partition coefficient (Wildman–Crippen LogP) is 3.94. The highest BCUT2D eigenvalue weighted by atomic mass is 16.5. The third-order valence-corrected chi connectivity index (χ3v) is 8.54. The van der Waals surface area contributed by atoms with Crippen LogP contribution in [0.5, 0.6) is 5.75 Å². The summed E-state index contributed by atoms with van der Waals surface area (Å²) in [5, 5.41) is 9.87. The molecule has 1 unspecified atom stereocenters. The van der Waals surface area contributed by atoms with Crippen molar-refractivity contribution in [2.75, 3.05) is 31.2 Å². The Morgan fingerprint density at radius 1 is 1.11 bits per heavy atom. The van der Waals surface area contributed by atoms with Crippen LogP contribution in [0.4, 0.5) is 11.5 Å². The van der Waals surface area contributed by atoms with Crippen LogP contribution in [0, 0.1) is 0 Å². The van der Waals surface area contributed by atoms with Crippen LogP contribution in [0.25, 0.3) is 33.2 Å². The normalized spacial score (nSPS) is 15.4. The lowest BCUT2D eigenvalue weighted by molar-refractivity contribution is -0.115. The van der Waals surface area contributed by atoms with Gasteiger partial charge in [0.1, 0.15) is 29.4 Å². The predicted molar refractivity (Wildman–Crippen MR) is 169 cm³/mol. The molecule has 2 aromatic carbocycles. The number of hydrogen-bond acceptors (Lipinski definition) is 8. The molecule has 0 saturated carbocycles. The first-order valence-corrected chi connectivity index (χ1v) is 14.6. The van der Waals surface area contributed by atoms with Gasteiger partial charge in [-0.15, -0.1) is 0 Å². The number of methoxy groups -OCH3 is 1. The zero-order chi connectivity index (χ0) is 30.4. The molecule has 5 heterocycles. The first-order chi connectivity index (χ1) is 21.4. The Labute approximate surface area is 254 Å². The molecule has 12 nitrogen and oxygen atoms in total. The molecule has 0 spiro atoms. The van der Waals surface area contributed by atoms with E-state index in [1.807, 2.05) is 88.8 Å². The number of nitrogens with one attached hydrogen (secondary N) is 1. The van der Waals surface area contributed by atoms with Crippen LogP contribution in [-0.4, -0.2) is 64.9 Å². The van der Waals surface area contributed by atoms with Crippen molar-refractivity contribution in [1.29, 1.82) is 0 Å². The lowest BCUT2D eigenvalue weighted by atomic mass is 10.1. The molecular formula is C32H34N10O2. The van der Waals surface area contributed by atoms with Crippen molar-refractivity contribution in [2.24, 2.45) is 14.1 Å². The Morgan fingerprint density at radius 3 is 2.77 bits per heavy atom. The Hall–Kier alpha value is -5.23. The molecule has 4 aromatic heterocycles. The van der Waals surface area contributed by atoms with Crippen LogP contribution in [0.15, 0.2) is 67.3 Å². The van der Waals surface area contributed by atoms with Gasteiger partial charge in [-0.25, -0.2) is 19.6 Å². The van der Waals surface area contributed by atoms with E-state index in [0.717, 1.165) is 54.0 Å². The van der Waals surface area contributed by atoms with Crippen molar-refractivity contribution in [3.05, 3.63) is 78.8 Å². The maximum Gasteiger partial charge on any atom is 0.230 e. The Morgan fingerprint density at radius 2 is 1.98 bits per heavy atom. The highest BCUT2D eigenvalue weighted by Gasteiger charge is 2.29. The number of anilines is 2. The number of carbonyl (C=O) groups is 1. The number of hydrogen-bond donors (Lipinski definition) is 2. The van der Waals surface area contributed by atoms with E-state index in [1.165, 1.54) is 6.33 Å². The van der Waals surface area contributed by atoms with Crippen molar-refractivity contribution >= 4 is 39.3 Å². The molecule has 224 valence electrons. The Bertz CT molecular complexity index is 2010. The Kier molecular flexibility index (Phi) is 6.97. The largest absolute Gasteiger partial charge is 0.495 e. The molecule has 1 atom stereocenters. The molecule has 1 fully saturated rings. The molecule has 1 saturated heterocycles. The maximum atomic E-state index is 13.1. The van der Waals surface area contributed by atoms with Gasteiger partial charge in [0.25, 0.3) is 0 Å². The van der Waals surface area contributed by atoms with Gasteiger partial charge in [-0.3, -0.25) is 9.69 Å². The molecule has 12 heteroatoms. The first-order valence-electron chi connectivity index (χ1n) is 14.6. The van der Waals surface area contributed by atoms with Crippen molar-refractivity contribution in [2.45, 2.75) is 25.4 Å². The maximum absolute atomic E-state index is 13.1. The zero-order valence-corrected chi connectivity index (χ0v) is 24.9. The van der Waals surface area contributed by atoms with Crippen molar-refractivity contribution in [3.63, 3.8) is 0 Å². The third kappa shape index (κ3) is 4.92. The molecular weight excluding hydrogens is 556 g/mol. The first kappa shape index (κ1) is 27.6. The van der Waals surface area contributed by atoms with E-state index in [4.69, 9.17) is 15.6 Å². The summed E-state index contributed by atoms with van der Waals surface area (Å²) in [7, 11) is 5.57. The summed E-state index contributed by atoms with van der Waals surface area (Å²) in [6.07, 6.45) is 6.43. The van der Waals surface area contributed by atoms with Gasteiger partial charge in [0.2, 0.25) is 5.91 Å². The van der Waals surface area contributed by atoms with Crippen LogP contribution in [-0.2, 0) is 31.9 Å². The van der Waals surface area contributed by atoms with Crippen LogP contribution in [0.1, 0.15) is 24.0 Å². The minimum absolute atomic E-state index is 0.121. The van der Waals surface area contributed by atoms with E-state index in [1.54, 1.807) is 7.11 Å². The number of likely N-dealkylation sites (tertiary alicyclic amines) is 1. The number of nitrogen functional groups attached to an aromatic ring is 1. The summed E-state index contributed by atoms with van der Waals surface area (Å²) in [6.45, 7) is 2.52. The SMILES string of the molecule is COc1cc(-c2nn(C3CCN(Cc4nccn4C)C3)c3ncnc(N)c23)ccc1NC(=O)Cc1cc2ccccc2n1C. The molecule has 0 radical (unpaired) electrons. The number of amides is 1. The number of nitrogens with two attached hydrogens (primary N) is 1. The van der Waals surface area contributed by atoms with Crippen molar-refractivity contribution in [1.82, 2.24) is 38.8 Å². The fraction of sp³-hybridized carbons (Fsp3) is 0.281. The van der Waals surface area contributed by atoms with E-state index < -0.39 is 0 Å². The molecule has 1 amide bonds. The van der Waals surface area contributed by atoms with Gasteiger partial charge < -0.3 is 24.9 Å². The minimum atomic E-state index is -0.134. The number of rotatable bonds is 8. The van der Waals surface area contributed by atoms with E-state index >= 15 is 0 Å². The fourth-order valence-electron chi connectivity index (χ4n) is 6.17. The minimum Gasteiger partial charge on any atom is -0.495 e. The summed E-state index contributed by atoms with van der Waals surface area (Å²) >= 11 is 0. The zero-order valence-electron chi connectivity index (χ0n) is 24.9. The second kappa shape index (κ2) is 11.1. The molecule has 0 bridgehead atoms. The molecule has 1 aliphatic heterocycles. The average Bonchev–Trinajstić information content (AvgIpc) is 3.81. The lowest BCUT2D eigenvalue weighted by Crippen LogP contribution is -2.23. The monoisotopic (exact) mass is 590 g/mol. The van der Waals surface area contributed by atoms with Crippen LogP contribution in [0.3, 0.4) is 0 Å². The number of aryl methyl sites for hydroxylation is 2. The van der Waals surface area contributed by atoms with Gasteiger partial charge in [0, 0.05) is 56.4 Å². The second-order valence-electron chi connectivity index (χ2n) is 11.3. The molecule has 44 heavy (non-hydrogen) atoms. The number of fused-ring (bicyclic) bond motifs is 2. The van der Waals surface area contributed by atoms with Crippen molar-refractivity contribution < 1.29 is 9.53 Å². The smallest absolute Gasteiger partial charge is 0.230 e. The van der Waals surface area contributed by atoms with E-state index in [0.29, 0.717) is 34.0 Å². The topological polar surface area (TPSA) is 134 Å². The summed E-state index contributed by atoms with van der Waals surface area (Å²) < 4.78 is 11.8. The molecule has 1 aliphatic rings. The third-order valence-electron chi connectivity index (χ3n) is 8.54. The molecule has 6 aromatic rings. The van der Waals surface area contributed by atoms with Gasteiger partial charge >= 0.3 is 0 Å². The van der Waals surface area contributed by atoms with E-state index in [2.05, 4.69) is 25.2 Å². The number of imidazole rings is 1. The fourth-order valence-corrected chi connectivity index (χ4v) is 6.17. The van der Waals surface area contributed by atoms with Gasteiger partial charge in [-0.2, -0.15) is 5.10 Å². The summed E-state index contributed by atoms with van der Waals surface area (Å²) in [5.41, 5.74) is 11.2. The van der Waals surface area contributed by atoms with Crippen LogP contribution < -0.4 is 15.8 Å². The molecule has 0 aliphatic carbocycles.